The number of hydrogen-bond acceptors (Lipinski definition) is 3. The van der Waals surface area contributed by atoms with Crippen LogP contribution in [-0.2, 0) is 4.74 Å². The first kappa shape index (κ1) is 12.9. The summed E-state index contributed by atoms with van der Waals surface area (Å²) >= 11 is 0. The minimum Gasteiger partial charge on any atom is -0.396 e. The molecule has 0 atom stereocenters. The van der Waals surface area contributed by atoms with Gasteiger partial charge in [-0.15, -0.1) is 0 Å². The summed E-state index contributed by atoms with van der Waals surface area (Å²) in [4.78, 5) is 0. The zero-order chi connectivity index (χ0) is 11.3. The van der Waals surface area contributed by atoms with E-state index < -0.39 is 5.41 Å². The molecule has 0 unspecified atom stereocenters. The van der Waals surface area contributed by atoms with Crippen LogP contribution in [0.1, 0.15) is 33.1 Å². The molecule has 1 saturated carbocycles. The van der Waals surface area contributed by atoms with Crippen molar-refractivity contribution in [1.82, 2.24) is 0 Å². The first-order valence-electron chi connectivity index (χ1n) is 5.91. The Morgan fingerprint density at radius 3 is 2.27 bits per heavy atom. The van der Waals surface area contributed by atoms with Crippen LogP contribution < -0.4 is 0 Å². The topological polar surface area (TPSA) is 49.7 Å². The molecule has 1 rings (SSSR count). The molecule has 1 aliphatic rings. The second-order valence-corrected chi connectivity index (χ2v) is 5.37. The highest BCUT2D eigenvalue weighted by Gasteiger charge is 2.31. The molecule has 0 aliphatic heterocycles. The number of aliphatic hydroxyl groups is 2. The van der Waals surface area contributed by atoms with Crippen LogP contribution in [0.2, 0.25) is 0 Å². The molecule has 0 aromatic rings. The number of rotatable bonds is 8. The third-order valence-corrected chi connectivity index (χ3v) is 2.97. The van der Waals surface area contributed by atoms with Gasteiger partial charge in [0.1, 0.15) is 0 Å². The highest BCUT2D eigenvalue weighted by molar-refractivity contribution is 4.80. The van der Waals surface area contributed by atoms with Gasteiger partial charge < -0.3 is 14.9 Å². The first-order chi connectivity index (χ1) is 7.12. The summed E-state index contributed by atoms with van der Waals surface area (Å²) in [6.07, 6.45) is 3.36. The summed E-state index contributed by atoms with van der Waals surface area (Å²) in [6, 6.07) is 0. The molecule has 0 saturated heterocycles. The smallest absolute Gasteiger partial charge is 0.0566 e. The molecule has 2 N–H and O–H groups in total. The van der Waals surface area contributed by atoms with Crippen molar-refractivity contribution < 1.29 is 14.9 Å². The van der Waals surface area contributed by atoms with Gasteiger partial charge in [-0.05, 0) is 31.1 Å². The molecule has 15 heavy (non-hydrogen) atoms. The average molecular weight is 216 g/mol. The Kier molecular flexibility index (Phi) is 5.03. The second-order valence-electron chi connectivity index (χ2n) is 5.37. The van der Waals surface area contributed by atoms with Gasteiger partial charge >= 0.3 is 0 Å². The molecule has 1 aliphatic carbocycles. The molecule has 0 heterocycles. The minimum absolute atomic E-state index is 0.00630. The summed E-state index contributed by atoms with van der Waals surface area (Å²) in [5.41, 5.74) is -0.441. The lowest BCUT2D eigenvalue weighted by atomic mass is 9.82. The second kappa shape index (κ2) is 5.83. The van der Waals surface area contributed by atoms with Crippen molar-refractivity contribution in [2.45, 2.75) is 33.1 Å². The Labute approximate surface area is 92.4 Å². The third kappa shape index (κ3) is 4.49. The maximum absolute atomic E-state index is 9.37. The fourth-order valence-corrected chi connectivity index (χ4v) is 1.92. The summed E-state index contributed by atoms with van der Waals surface area (Å²) in [6.45, 7) is 5.48. The zero-order valence-corrected chi connectivity index (χ0v) is 9.91. The van der Waals surface area contributed by atoms with Gasteiger partial charge in [0.05, 0.1) is 19.8 Å². The van der Waals surface area contributed by atoms with Crippen LogP contribution in [0, 0.1) is 17.3 Å². The van der Waals surface area contributed by atoms with Gasteiger partial charge in [0.25, 0.3) is 0 Å². The van der Waals surface area contributed by atoms with Crippen molar-refractivity contribution in [3.63, 3.8) is 0 Å². The van der Waals surface area contributed by atoms with E-state index in [4.69, 9.17) is 4.74 Å². The van der Waals surface area contributed by atoms with E-state index in [1.165, 1.54) is 12.8 Å². The summed E-state index contributed by atoms with van der Waals surface area (Å²) < 4.78 is 5.59. The van der Waals surface area contributed by atoms with E-state index in [1.54, 1.807) is 0 Å². The van der Waals surface area contributed by atoms with Crippen molar-refractivity contribution in [3.8, 4) is 0 Å². The van der Waals surface area contributed by atoms with E-state index in [1.807, 2.05) is 0 Å². The van der Waals surface area contributed by atoms with Crippen LogP contribution in [0.4, 0.5) is 0 Å². The van der Waals surface area contributed by atoms with E-state index in [0.29, 0.717) is 12.5 Å². The predicted octanol–water partition coefficient (Wildman–Crippen LogP) is 1.43. The Bertz CT molecular complexity index is 172. The average Bonchev–Trinajstić information content (AvgIpc) is 2.99. The van der Waals surface area contributed by atoms with E-state index in [-0.39, 0.29) is 13.2 Å². The monoisotopic (exact) mass is 216 g/mol. The van der Waals surface area contributed by atoms with Crippen LogP contribution >= 0.6 is 0 Å². The Morgan fingerprint density at radius 1 is 1.27 bits per heavy atom. The molecule has 0 spiro atoms. The number of ether oxygens (including phenoxy) is 1. The largest absolute Gasteiger partial charge is 0.396 e. The zero-order valence-electron chi connectivity index (χ0n) is 9.91. The molecule has 0 aromatic heterocycles. The van der Waals surface area contributed by atoms with Crippen LogP contribution in [0.3, 0.4) is 0 Å². The van der Waals surface area contributed by atoms with Crippen molar-refractivity contribution >= 4 is 0 Å². The van der Waals surface area contributed by atoms with E-state index in [9.17, 15) is 10.2 Å². The van der Waals surface area contributed by atoms with Gasteiger partial charge in [-0.3, -0.25) is 0 Å². The number of hydrogen-bond donors (Lipinski definition) is 2. The summed E-state index contributed by atoms with van der Waals surface area (Å²) in [5.74, 6) is 1.20. The normalized spacial score (nSPS) is 17.4. The molecule has 0 aromatic carbocycles. The molecule has 3 heteroatoms. The van der Waals surface area contributed by atoms with Gasteiger partial charge in [-0.1, -0.05) is 13.8 Å². The number of aliphatic hydroxyl groups excluding tert-OH is 2. The Balaban J connectivity index is 2.31. The van der Waals surface area contributed by atoms with E-state index in [2.05, 4.69) is 13.8 Å². The van der Waals surface area contributed by atoms with Crippen molar-refractivity contribution in [2.24, 2.45) is 17.3 Å². The molecule has 1 fully saturated rings. The fraction of sp³-hybridized carbons (Fsp3) is 1.00. The van der Waals surface area contributed by atoms with Gasteiger partial charge in [-0.2, -0.15) is 0 Å². The molecule has 0 bridgehead atoms. The maximum Gasteiger partial charge on any atom is 0.0566 e. The standard InChI is InChI=1S/C12H24O3/c1-10(2)5-12(7-13,8-14)9-15-6-11-3-4-11/h10-11,13-14H,3-9H2,1-2H3. The van der Waals surface area contributed by atoms with Crippen LogP contribution in [-0.4, -0.2) is 36.6 Å². The van der Waals surface area contributed by atoms with Crippen LogP contribution in [0.25, 0.3) is 0 Å². The fourth-order valence-electron chi connectivity index (χ4n) is 1.92. The SMILES string of the molecule is CC(C)CC(CO)(CO)COCC1CC1. The van der Waals surface area contributed by atoms with Crippen molar-refractivity contribution in [2.75, 3.05) is 26.4 Å². The summed E-state index contributed by atoms with van der Waals surface area (Å²) in [5, 5.41) is 18.7. The maximum atomic E-state index is 9.37. The lowest BCUT2D eigenvalue weighted by Crippen LogP contribution is -2.36. The van der Waals surface area contributed by atoms with Gasteiger partial charge in [0.2, 0.25) is 0 Å². The van der Waals surface area contributed by atoms with Gasteiger partial charge in [0, 0.05) is 12.0 Å². The highest BCUT2D eigenvalue weighted by atomic mass is 16.5. The quantitative estimate of drug-likeness (QED) is 0.645. The Hall–Kier alpha value is -0.120. The van der Waals surface area contributed by atoms with Gasteiger partial charge in [-0.25, -0.2) is 0 Å². The minimum atomic E-state index is -0.441. The van der Waals surface area contributed by atoms with Crippen LogP contribution in [0.5, 0.6) is 0 Å². The first-order valence-corrected chi connectivity index (χ1v) is 5.91. The predicted molar refractivity (Wildman–Crippen MR) is 59.6 cm³/mol. The molecular formula is C12H24O3. The molecule has 0 amide bonds. The highest BCUT2D eigenvalue weighted by Crippen LogP contribution is 2.31. The Morgan fingerprint density at radius 2 is 1.87 bits per heavy atom. The molecular weight excluding hydrogens is 192 g/mol. The van der Waals surface area contributed by atoms with Gasteiger partial charge in [0.15, 0.2) is 0 Å². The summed E-state index contributed by atoms with van der Waals surface area (Å²) in [7, 11) is 0. The third-order valence-electron chi connectivity index (χ3n) is 2.97. The van der Waals surface area contributed by atoms with Crippen molar-refractivity contribution in [1.29, 1.82) is 0 Å². The lowest BCUT2D eigenvalue weighted by molar-refractivity contribution is -0.0416. The van der Waals surface area contributed by atoms with Crippen molar-refractivity contribution in [3.05, 3.63) is 0 Å². The molecule has 90 valence electrons. The molecule has 3 nitrogen and oxygen atoms in total. The molecule has 0 radical (unpaired) electrons. The van der Waals surface area contributed by atoms with E-state index >= 15 is 0 Å². The lowest BCUT2D eigenvalue weighted by Gasteiger charge is -2.31. The van der Waals surface area contributed by atoms with E-state index in [0.717, 1.165) is 18.9 Å². The van der Waals surface area contributed by atoms with Crippen LogP contribution in [0.15, 0.2) is 0 Å².